The summed E-state index contributed by atoms with van der Waals surface area (Å²) in [5, 5.41) is 24.4. The minimum atomic E-state index is -0.511. The van der Waals surface area contributed by atoms with Crippen LogP contribution >= 0.6 is 0 Å². The zero-order chi connectivity index (χ0) is 29.1. The van der Waals surface area contributed by atoms with Crippen molar-refractivity contribution in [2.75, 3.05) is 6.61 Å². The van der Waals surface area contributed by atoms with Gasteiger partial charge < -0.3 is 9.84 Å². The Kier molecular flexibility index (Phi) is 8.39. The molecule has 0 aliphatic heterocycles. The number of hydrogen-bond donors (Lipinski definition) is 1. The highest BCUT2D eigenvalue weighted by Gasteiger charge is 2.35. The Morgan fingerprint density at radius 1 is 1.20 bits per heavy atom. The van der Waals surface area contributed by atoms with Gasteiger partial charge in [-0.1, -0.05) is 55.8 Å². The number of ether oxygens (including phenoxy) is 1. The fourth-order valence-corrected chi connectivity index (χ4v) is 6.03. The van der Waals surface area contributed by atoms with Crippen molar-refractivity contribution in [3.8, 4) is 17.2 Å². The number of aliphatic hydroxyl groups is 1. The van der Waals surface area contributed by atoms with Gasteiger partial charge in [0.05, 0.1) is 35.6 Å². The molecule has 214 valence electrons. The molecule has 2 aromatic heterocycles. The van der Waals surface area contributed by atoms with Gasteiger partial charge in [0.15, 0.2) is 0 Å². The highest BCUT2D eigenvalue weighted by molar-refractivity contribution is 5.71. The molecule has 0 bridgehead atoms. The number of benzene rings is 2. The van der Waals surface area contributed by atoms with Gasteiger partial charge in [0, 0.05) is 18.0 Å². The number of nitrogens with zero attached hydrogens (tertiary/aromatic N) is 5. The molecule has 1 N–H and O–H groups in total. The van der Waals surface area contributed by atoms with Crippen LogP contribution in [0.1, 0.15) is 87.1 Å². The van der Waals surface area contributed by atoms with Crippen molar-refractivity contribution in [3.63, 3.8) is 0 Å². The smallest absolute Gasteiger partial charge is 0.259 e. The molecule has 8 heteroatoms. The lowest BCUT2D eigenvalue weighted by molar-refractivity contribution is -0.0894. The van der Waals surface area contributed by atoms with E-state index >= 15 is 0 Å². The molecule has 1 atom stereocenters. The number of hydrogen-bond acceptors (Lipinski definition) is 6. The Balaban J connectivity index is 1.55. The summed E-state index contributed by atoms with van der Waals surface area (Å²) in [6, 6.07) is 18.1. The minimum Gasteiger partial charge on any atom is -0.391 e. The number of aromatic nitrogens is 4. The standard InChI is InChI=1S/C33H39N5O3/c1-5-9-30-29(19-24-12-13-28(26(18-24)20-34)25-10-7-6-8-11-25)31(40)37(32-35-23(3)36-38(30)32)27-14-16-33(4,17-15-27)41-21-22(2)39/h6-8,10-13,18,22,27,39H,5,9,14-17,19,21H2,1-4H3. The average molecular weight is 554 g/mol. The maximum absolute atomic E-state index is 14.4. The maximum Gasteiger partial charge on any atom is 0.259 e. The molecule has 2 heterocycles. The predicted octanol–water partition coefficient (Wildman–Crippen LogP) is 5.55. The molecule has 41 heavy (non-hydrogen) atoms. The summed E-state index contributed by atoms with van der Waals surface area (Å²) in [5.74, 6) is 1.22. The fraction of sp³-hybridized carbons (Fsp3) is 0.455. The Bertz CT molecular complexity index is 1620. The van der Waals surface area contributed by atoms with Gasteiger partial charge >= 0.3 is 0 Å². The fourth-order valence-electron chi connectivity index (χ4n) is 6.03. The number of rotatable bonds is 9. The van der Waals surface area contributed by atoms with Crippen LogP contribution in [0.5, 0.6) is 0 Å². The second-order valence-corrected chi connectivity index (χ2v) is 11.6. The van der Waals surface area contributed by atoms with Crippen LogP contribution in [0, 0.1) is 18.3 Å². The molecule has 0 radical (unpaired) electrons. The summed E-state index contributed by atoms with van der Waals surface area (Å²) in [5.41, 5.74) is 4.62. The van der Waals surface area contributed by atoms with Gasteiger partial charge in [-0.25, -0.2) is 4.52 Å². The van der Waals surface area contributed by atoms with E-state index < -0.39 is 6.10 Å². The largest absolute Gasteiger partial charge is 0.391 e. The monoisotopic (exact) mass is 553 g/mol. The number of fused-ring (bicyclic) bond motifs is 1. The van der Waals surface area contributed by atoms with Crippen LogP contribution in [0.15, 0.2) is 53.3 Å². The molecule has 2 aromatic carbocycles. The zero-order valence-electron chi connectivity index (χ0n) is 24.4. The first-order valence-corrected chi connectivity index (χ1v) is 14.6. The molecule has 5 rings (SSSR count). The molecule has 0 spiro atoms. The van der Waals surface area contributed by atoms with Crippen LogP contribution in [0.3, 0.4) is 0 Å². The molecule has 1 aliphatic rings. The third kappa shape index (κ3) is 5.97. The van der Waals surface area contributed by atoms with Crippen LogP contribution in [-0.4, -0.2) is 42.6 Å². The van der Waals surface area contributed by atoms with Crippen molar-refractivity contribution in [1.82, 2.24) is 19.2 Å². The number of aliphatic hydroxyl groups excluding tert-OH is 1. The molecular weight excluding hydrogens is 514 g/mol. The van der Waals surface area contributed by atoms with E-state index in [0.717, 1.165) is 54.5 Å². The summed E-state index contributed by atoms with van der Waals surface area (Å²) < 4.78 is 9.78. The van der Waals surface area contributed by atoms with Gasteiger partial charge in [0.2, 0.25) is 5.78 Å². The molecule has 1 saturated carbocycles. The van der Waals surface area contributed by atoms with Gasteiger partial charge in [0.25, 0.3) is 5.56 Å². The van der Waals surface area contributed by atoms with Crippen molar-refractivity contribution in [3.05, 3.63) is 87.1 Å². The van der Waals surface area contributed by atoms with Gasteiger partial charge in [-0.3, -0.25) is 9.36 Å². The topological polar surface area (TPSA) is 105 Å². The van der Waals surface area contributed by atoms with E-state index in [2.05, 4.69) is 19.9 Å². The summed E-state index contributed by atoms with van der Waals surface area (Å²) >= 11 is 0. The van der Waals surface area contributed by atoms with Crippen LogP contribution in [0.25, 0.3) is 16.9 Å². The summed E-state index contributed by atoms with van der Waals surface area (Å²) in [6.45, 7) is 8.08. The first-order valence-electron chi connectivity index (χ1n) is 14.6. The van der Waals surface area contributed by atoms with Crippen LogP contribution in [-0.2, 0) is 17.6 Å². The van der Waals surface area contributed by atoms with Gasteiger partial charge in [0.1, 0.15) is 5.82 Å². The van der Waals surface area contributed by atoms with Crippen molar-refractivity contribution < 1.29 is 9.84 Å². The molecule has 8 nitrogen and oxygen atoms in total. The second-order valence-electron chi connectivity index (χ2n) is 11.6. The van der Waals surface area contributed by atoms with E-state index in [4.69, 9.17) is 14.8 Å². The maximum atomic E-state index is 14.4. The third-order valence-electron chi connectivity index (χ3n) is 8.20. The summed E-state index contributed by atoms with van der Waals surface area (Å²) in [7, 11) is 0. The molecule has 1 aliphatic carbocycles. The van der Waals surface area contributed by atoms with Crippen molar-refractivity contribution in [1.29, 1.82) is 5.26 Å². The second kappa shape index (κ2) is 12.0. The van der Waals surface area contributed by atoms with Crippen molar-refractivity contribution in [2.24, 2.45) is 0 Å². The van der Waals surface area contributed by atoms with Crippen LogP contribution < -0.4 is 5.56 Å². The van der Waals surface area contributed by atoms with E-state index in [0.29, 0.717) is 42.2 Å². The predicted molar refractivity (Wildman–Crippen MR) is 159 cm³/mol. The molecule has 1 fully saturated rings. The molecule has 0 saturated heterocycles. The lowest BCUT2D eigenvalue weighted by Crippen LogP contribution is -2.40. The first kappa shape index (κ1) is 28.7. The zero-order valence-corrected chi connectivity index (χ0v) is 24.4. The van der Waals surface area contributed by atoms with E-state index in [1.165, 1.54) is 0 Å². The van der Waals surface area contributed by atoms with Gasteiger partial charge in [-0.2, -0.15) is 15.3 Å². The van der Waals surface area contributed by atoms with E-state index in [1.807, 2.05) is 64.5 Å². The first-order chi connectivity index (χ1) is 19.7. The lowest BCUT2D eigenvalue weighted by Gasteiger charge is -2.38. The normalized spacial score (nSPS) is 19.8. The average Bonchev–Trinajstić information content (AvgIpc) is 3.36. The van der Waals surface area contributed by atoms with Crippen molar-refractivity contribution >= 4 is 5.78 Å². The molecular formula is C33H39N5O3. The Morgan fingerprint density at radius 3 is 2.59 bits per heavy atom. The van der Waals surface area contributed by atoms with E-state index in [-0.39, 0.29) is 17.2 Å². The lowest BCUT2D eigenvalue weighted by atomic mass is 9.83. The van der Waals surface area contributed by atoms with Gasteiger partial charge in [-0.15, -0.1) is 0 Å². The Labute approximate surface area is 241 Å². The quantitative estimate of drug-likeness (QED) is 0.291. The van der Waals surface area contributed by atoms with Crippen LogP contribution in [0.2, 0.25) is 0 Å². The Morgan fingerprint density at radius 2 is 1.93 bits per heavy atom. The molecule has 0 amide bonds. The van der Waals surface area contributed by atoms with E-state index in [9.17, 15) is 15.2 Å². The number of nitriles is 1. The SMILES string of the molecule is CCCc1c(Cc2ccc(-c3ccccc3)c(C#N)c2)c(=O)n(C2CCC(C)(OCC(C)O)CC2)c2nc(C)nn12. The van der Waals surface area contributed by atoms with E-state index in [1.54, 1.807) is 6.92 Å². The van der Waals surface area contributed by atoms with Crippen LogP contribution in [0.4, 0.5) is 0 Å². The molecule has 1 unspecified atom stereocenters. The minimum absolute atomic E-state index is 0.0265. The number of aryl methyl sites for hydroxylation is 2. The summed E-state index contributed by atoms with van der Waals surface area (Å²) in [4.78, 5) is 19.1. The third-order valence-corrected chi connectivity index (χ3v) is 8.20. The highest BCUT2D eigenvalue weighted by atomic mass is 16.5. The van der Waals surface area contributed by atoms with Crippen molar-refractivity contribution in [2.45, 2.75) is 90.4 Å². The highest BCUT2D eigenvalue weighted by Crippen LogP contribution is 2.37. The van der Waals surface area contributed by atoms with Gasteiger partial charge in [-0.05, 0) is 75.6 Å². The summed E-state index contributed by atoms with van der Waals surface area (Å²) in [6.07, 6.45) is 4.58. The Hall–Kier alpha value is -3.80. The molecule has 4 aromatic rings.